The van der Waals surface area contributed by atoms with E-state index in [2.05, 4.69) is 14.2 Å². The predicted octanol–water partition coefficient (Wildman–Crippen LogP) is 0.449. The van der Waals surface area contributed by atoms with E-state index in [1.54, 1.807) is 0 Å². The molecule has 0 spiro atoms. The molecule has 0 radical (unpaired) electrons. The SMILES string of the molecule is COC(=O)CS(=O)(=O)Nc1ccsc1C(=O)OC. The summed E-state index contributed by atoms with van der Waals surface area (Å²) in [6, 6.07) is 1.41. The standard InChI is InChI=1S/C9H11NO6S2/c1-15-7(11)5-18(13,14)10-6-3-4-17-8(6)9(12)16-2/h3-4,10H,5H2,1-2H3. The van der Waals surface area contributed by atoms with Gasteiger partial charge in [0.25, 0.3) is 0 Å². The highest BCUT2D eigenvalue weighted by atomic mass is 32.2. The van der Waals surface area contributed by atoms with Crippen LogP contribution in [0.15, 0.2) is 11.4 Å². The normalized spacial score (nSPS) is 10.8. The molecule has 0 aliphatic carbocycles. The van der Waals surface area contributed by atoms with Crippen molar-refractivity contribution in [1.82, 2.24) is 0 Å². The topological polar surface area (TPSA) is 98.8 Å². The fourth-order valence-electron chi connectivity index (χ4n) is 1.06. The number of carbonyl (C=O) groups is 2. The van der Waals surface area contributed by atoms with Crippen molar-refractivity contribution in [2.75, 3.05) is 24.7 Å². The zero-order chi connectivity index (χ0) is 13.8. The van der Waals surface area contributed by atoms with Gasteiger partial charge in [0, 0.05) is 0 Å². The zero-order valence-electron chi connectivity index (χ0n) is 9.63. The summed E-state index contributed by atoms with van der Waals surface area (Å²) in [6.07, 6.45) is 0. The van der Waals surface area contributed by atoms with Crippen LogP contribution in [0.4, 0.5) is 5.69 Å². The molecule has 0 aliphatic heterocycles. The summed E-state index contributed by atoms with van der Waals surface area (Å²) in [6.45, 7) is 0. The first-order valence-corrected chi connectivity index (χ1v) is 7.16. The van der Waals surface area contributed by atoms with Gasteiger partial charge in [-0.15, -0.1) is 11.3 Å². The second kappa shape index (κ2) is 5.83. The highest BCUT2D eigenvalue weighted by molar-refractivity contribution is 7.93. The van der Waals surface area contributed by atoms with Crippen molar-refractivity contribution in [3.8, 4) is 0 Å². The van der Waals surface area contributed by atoms with E-state index in [1.165, 1.54) is 18.6 Å². The number of ether oxygens (including phenoxy) is 2. The van der Waals surface area contributed by atoms with Crippen molar-refractivity contribution in [3.63, 3.8) is 0 Å². The minimum atomic E-state index is -3.91. The number of esters is 2. The molecule has 0 atom stereocenters. The first-order chi connectivity index (χ1) is 8.39. The van der Waals surface area contributed by atoms with E-state index < -0.39 is 27.7 Å². The fraction of sp³-hybridized carbons (Fsp3) is 0.333. The van der Waals surface area contributed by atoms with Crippen molar-refractivity contribution in [2.45, 2.75) is 0 Å². The third-order valence-electron chi connectivity index (χ3n) is 1.84. The first-order valence-electron chi connectivity index (χ1n) is 4.62. The molecule has 0 aromatic carbocycles. The maximum absolute atomic E-state index is 11.6. The van der Waals surface area contributed by atoms with Gasteiger partial charge in [0.2, 0.25) is 10.0 Å². The van der Waals surface area contributed by atoms with Crippen molar-refractivity contribution in [2.24, 2.45) is 0 Å². The number of hydrogen-bond acceptors (Lipinski definition) is 7. The van der Waals surface area contributed by atoms with Crippen molar-refractivity contribution >= 4 is 39.0 Å². The van der Waals surface area contributed by atoms with Gasteiger partial charge >= 0.3 is 11.9 Å². The Morgan fingerprint density at radius 1 is 1.33 bits per heavy atom. The summed E-state index contributed by atoms with van der Waals surface area (Å²) >= 11 is 1.03. The van der Waals surface area contributed by atoms with E-state index in [-0.39, 0.29) is 10.6 Å². The molecule has 0 aliphatic rings. The van der Waals surface area contributed by atoms with E-state index in [0.29, 0.717) is 0 Å². The molecular formula is C9H11NO6S2. The van der Waals surface area contributed by atoms with Crippen LogP contribution in [0.25, 0.3) is 0 Å². The second-order valence-electron chi connectivity index (χ2n) is 3.09. The molecule has 1 aromatic rings. The Kier molecular flexibility index (Phi) is 4.68. The van der Waals surface area contributed by atoms with Gasteiger partial charge in [-0.25, -0.2) is 13.2 Å². The number of methoxy groups -OCH3 is 2. The summed E-state index contributed by atoms with van der Waals surface area (Å²) < 4.78 is 34.0. The molecule has 1 aromatic heterocycles. The number of rotatable bonds is 5. The smallest absolute Gasteiger partial charge is 0.350 e. The third kappa shape index (κ3) is 3.70. The Labute approximate surface area is 108 Å². The van der Waals surface area contributed by atoms with E-state index in [1.807, 2.05) is 0 Å². The van der Waals surface area contributed by atoms with Gasteiger partial charge in [0.15, 0.2) is 5.75 Å². The molecule has 1 N–H and O–H groups in total. The molecule has 0 bridgehead atoms. The van der Waals surface area contributed by atoms with E-state index in [4.69, 9.17) is 0 Å². The second-order valence-corrected chi connectivity index (χ2v) is 5.73. The monoisotopic (exact) mass is 293 g/mol. The van der Waals surface area contributed by atoms with E-state index >= 15 is 0 Å². The molecule has 1 rings (SSSR count). The van der Waals surface area contributed by atoms with Crippen LogP contribution in [0.5, 0.6) is 0 Å². The van der Waals surface area contributed by atoms with Crippen LogP contribution in [-0.2, 0) is 24.3 Å². The van der Waals surface area contributed by atoms with Gasteiger partial charge in [-0.2, -0.15) is 0 Å². The zero-order valence-corrected chi connectivity index (χ0v) is 11.3. The number of carbonyl (C=O) groups excluding carboxylic acids is 2. The highest BCUT2D eigenvalue weighted by Gasteiger charge is 2.21. The lowest BCUT2D eigenvalue weighted by molar-refractivity contribution is -0.137. The molecule has 9 heteroatoms. The first kappa shape index (κ1) is 14.5. The maximum atomic E-state index is 11.6. The van der Waals surface area contributed by atoms with Crippen molar-refractivity contribution in [1.29, 1.82) is 0 Å². The lowest BCUT2D eigenvalue weighted by Crippen LogP contribution is -2.24. The quantitative estimate of drug-likeness (QED) is 0.791. The van der Waals surface area contributed by atoms with E-state index in [9.17, 15) is 18.0 Å². The van der Waals surface area contributed by atoms with Gasteiger partial charge in [0.05, 0.1) is 19.9 Å². The lowest BCUT2D eigenvalue weighted by Gasteiger charge is -2.06. The molecule has 100 valence electrons. The largest absolute Gasteiger partial charge is 0.468 e. The molecule has 0 amide bonds. The third-order valence-corrected chi connectivity index (χ3v) is 3.88. The summed E-state index contributed by atoms with van der Waals surface area (Å²) in [5.41, 5.74) is 0.0794. The summed E-state index contributed by atoms with van der Waals surface area (Å²) in [5, 5.41) is 1.53. The molecule has 0 saturated carbocycles. The summed E-state index contributed by atoms with van der Waals surface area (Å²) in [7, 11) is -1.63. The molecule has 0 fully saturated rings. The number of nitrogens with one attached hydrogen (secondary N) is 1. The summed E-state index contributed by atoms with van der Waals surface area (Å²) in [5.74, 6) is -2.36. The molecule has 0 unspecified atom stereocenters. The van der Waals surface area contributed by atoms with Crippen LogP contribution in [0, 0.1) is 0 Å². The molecule has 0 saturated heterocycles. The number of thiophene rings is 1. The Morgan fingerprint density at radius 2 is 2.00 bits per heavy atom. The Bertz CT molecular complexity index is 547. The fourth-order valence-corrected chi connectivity index (χ4v) is 2.89. The maximum Gasteiger partial charge on any atom is 0.350 e. The number of anilines is 1. The van der Waals surface area contributed by atoms with Gasteiger partial charge in [-0.05, 0) is 11.4 Å². The lowest BCUT2D eigenvalue weighted by atomic mass is 10.4. The molecule has 1 heterocycles. The Morgan fingerprint density at radius 3 is 2.56 bits per heavy atom. The van der Waals surface area contributed by atoms with Crippen LogP contribution in [0.2, 0.25) is 0 Å². The average molecular weight is 293 g/mol. The minimum absolute atomic E-state index is 0.0794. The predicted molar refractivity (Wildman–Crippen MR) is 65.1 cm³/mol. The van der Waals surface area contributed by atoms with Gasteiger partial charge in [-0.1, -0.05) is 0 Å². The van der Waals surface area contributed by atoms with Crippen LogP contribution in [0.1, 0.15) is 9.67 Å². The van der Waals surface area contributed by atoms with Gasteiger partial charge in [0.1, 0.15) is 4.88 Å². The Balaban J connectivity index is 2.88. The van der Waals surface area contributed by atoms with Gasteiger partial charge < -0.3 is 9.47 Å². The minimum Gasteiger partial charge on any atom is -0.468 e. The van der Waals surface area contributed by atoms with Crippen LogP contribution in [0.3, 0.4) is 0 Å². The Hall–Kier alpha value is -1.61. The van der Waals surface area contributed by atoms with E-state index in [0.717, 1.165) is 18.4 Å². The average Bonchev–Trinajstić information content (AvgIpc) is 2.74. The van der Waals surface area contributed by atoms with Crippen LogP contribution in [-0.4, -0.2) is 40.3 Å². The van der Waals surface area contributed by atoms with Crippen molar-refractivity contribution < 1.29 is 27.5 Å². The van der Waals surface area contributed by atoms with Crippen molar-refractivity contribution in [3.05, 3.63) is 16.3 Å². The molecule has 18 heavy (non-hydrogen) atoms. The van der Waals surface area contributed by atoms with Crippen LogP contribution < -0.4 is 4.72 Å². The van der Waals surface area contributed by atoms with Gasteiger partial charge in [-0.3, -0.25) is 9.52 Å². The molecule has 7 nitrogen and oxygen atoms in total. The summed E-state index contributed by atoms with van der Waals surface area (Å²) in [4.78, 5) is 22.3. The number of sulfonamides is 1. The molecular weight excluding hydrogens is 282 g/mol. The highest BCUT2D eigenvalue weighted by Crippen LogP contribution is 2.24. The van der Waals surface area contributed by atoms with Crippen LogP contribution >= 0.6 is 11.3 Å². The number of hydrogen-bond donors (Lipinski definition) is 1.